The van der Waals surface area contributed by atoms with Crippen LogP contribution in [0.2, 0.25) is 10.0 Å². The number of methoxy groups -OCH3 is 2. The molecule has 0 saturated carbocycles. The van der Waals surface area contributed by atoms with Crippen LogP contribution >= 0.6 is 23.2 Å². The molecule has 2 aromatic carbocycles. The van der Waals surface area contributed by atoms with Crippen molar-refractivity contribution in [3.05, 3.63) is 87.3 Å². The molecule has 2 atom stereocenters. The van der Waals surface area contributed by atoms with Gasteiger partial charge in [0.2, 0.25) is 6.08 Å². The van der Waals surface area contributed by atoms with E-state index in [9.17, 15) is 9.59 Å². The van der Waals surface area contributed by atoms with E-state index in [0.29, 0.717) is 34.4 Å². The first-order valence-electron chi connectivity index (χ1n) is 11.9. The third kappa shape index (κ3) is 6.55. The molecule has 37 heavy (non-hydrogen) atoms. The molecule has 0 aliphatic heterocycles. The Balaban J connectivity index is 0.000000206. The number of nitrogens with zero attached hydrogens (tertiary/aromatic N) is 1. The van der Waals surface area contributed by atoms with Crippen molar-refractivity contribution in [3.63, 3.8) is 0 Å². The molecule has 0 bridgehead atoms. The van der Waals surface area contributed by atoms with Crippen LogP contribution in [0, 0.1) is 0 Å². The summed E-state index contributed by atoms with van der Waals surface area (Å²) in [6.45, 7) is 0. The highest BCUT2D eigenvalue weighted by atomic mass is 35.5. The first kappa shape index (κ1) is 28.3. The number of rotatable bonds is 6. The third-order valence-electron chi connectivity index (χ3n) is 6.42. The quantitative estimate of drug-likeness (QED) is 0.313. The Morgan fingerprint density at radius 1 is 1.05 bits per heavy atom. The first-order valence-corrected chi connectivity index (χ1v) is 12.7. The van der Waals surface area contributed by atoms with Gasteiger partial charge < -0.3 is 19.9 Å². The number of aliphatic imine (C=N–C) groups is 1. The Kier molecular flexibility index (Phi) is 10.2. The average molecular weight is 545 g/mol. The second-order valence-electron chi connectivity index (χ2n) is 8.55. The van der Waals surface area contributed by atoms with Crippen LogP contribution in [0.1, 0.15) is 49.7 Å². The molecule has 0 heterocycles. The minimum atomic E-state index is -0.812. The summed E-state index contributed by atoms with van der Waals surface area (Å²) in [4.78, 5) is 25.8. The molecule has 0 fully saturated rings. The molecule has 2 aliphatic carbocycles. The highest BCUT2D eigenvalue weighted by molar-refractivity contribution is 6.32. The molecule has 0 radical (unpaired) electrons. The van der Waals surface area contributed by atoms with Crippen molar-refractivity contribution in [3.8, 4) is 0 Å². The number of ether oxygens (including phenoxy) is 3. The summed E-state index contributed by atoms with van der Waals surface area (Å²) >= 11 is 12.4. The number of isocyanates is 1. The van der Waals surface area contributed by atoms with Gasteiger partial charge >= 0.3 is 6.09 Å². The molecule has 2 N–H and O–H groups in total. The lowest BCUT2D eigenvalue weighted by atomic mass is 9.80. The fourth-order valence-electron chi connectivity index (χ4n) is 4.84. The van der Waals surface area contributed by atoms with E-state index in [0.717, 1.165) is 42.4 Å². The normalized spacial score (nSPS) is 21.0. The molecule has 2 aliphatic rings. The topological polar surface area (TPSA) is 100 Å². The predicted octanol–water partition coefficient (Wildman–Crippen LogP) is 6.93. The van der Waals surface area contributed by atoms with Gasteiger partial charge in [0.15, 0.2) is 11.6 Å². The van der Waals surface area contributed by atoms with Gasteiger partial charge in [-0.3, -0.25) is 0 Å². The molecular weight excluding hydrogens is 515 g/mol. The molecule has 0 aromatic heterocycles. The molecule has 7 nitrogen and oxygen atoms in total. The number of carbonyl (C=O) groups is 1. The Hall–Kier alpha value is -3.25. The zero-order valence-electron chi connectivity index (χ0n) is 20.8. The predicted molar refractivity (Wildman–Crippen MR) is 144 cm³/mol. The number of primary amides is 1. The smallest absolute Gasteiger partial charge is 0.405 e. The standard InChI is InChI=1S/C14H16ClNO3.C14H14ClNO2/c1-18-13-10(9-5-2-3-7-11(9)15)6-4-8-12(13)19-14(16)17;1-18-13-8-4-5-9-14(13,16-10-17)11-6-2-3-7-12(11)15/h2-3,5,7,12H,4,6,8H2,1H3,(H2,16,17);2-3,6-8H,4-5,9H2,1H3/t12-;14-/m00/s1. The van der Waals surface area contributed by atoms with Gasteiger partial charge in [-0.2, -0.15) is 4.99 Å². The summed E-state index contributed by atoms with van der Waals surface area (Å²) in [5.74, 6) is 1.31. The van der Waals surface area contributed by atoms with Crippen molar-refractivity contribution in [1.82, 2.24) is 0 Å². The number of benzene rings is 2. The molecule has 1 amide bonds. The van der Waals surface area contributed by atoms with Gasteiger partial charge in [0.05, 0.1) is 14.2 Å². The van der Waals surface area contributed by atoms with E-state index in [1.165, 1.54) is 0 Å². The summed E-state index contributed by atoms with van der Waals surface area (Å²) in [6, 6.07) is 15.0. The van der Waals surface area contributed by atoms with E-state index in [1.807, 2.05) is 48.5 Å². The Bertz CT molecular complexity index is 1220. The van der Waals surface area contributed by atoms with Crippen molar-refractivity contribution >= 4 is 40.9 Å². The number of hydrogen-bond acceptors (Lipinski definition) is 6. The molecular formula is C28H30Cl2N2O5. The summed E-state index contributed by atoms with van der Waals surface area (Å²) in [5, 5.41) is 1.24. The number of allylic oxidation sites excluding steroid dienone is 2. The van der Waals surface area contributed by atoms with Crippen LogP contribution in [-0.4, -0.2) is 32.5 Å². The Morgan fingerprint density at radius 2 is 1.76 bits per heavy atom. The zero-order valence-corrected chi connectivity index (χ0v) is 22.3. The van der Waals surface area contributed by atoms with E-state index in [2.05, 4.69) is 4.99 Å². The maximum absolute atomic E-state index is 10.9. The number of hydrogen-bond donors (Lipinski definition) is 1. The van der Waals surface area contributed by atoms with Gasteiger partial charge in [-0.1, -0.05) is 59.6 Å². The lowest BCUT2D eigenvalue weighted by Crippen LogP contribution is -2.30. The maximum atomic E-state index is 10.9. The van der Waals surface area contributed by atoms with E-state index in [-0.39, 0.29) is 0 Å². The van der Waals surface area contributed by atoms with Gasteiger partial charge in [0, 0.05) is 21.2 Å². The van der Waals surface area contributed by atoms with Gasteiger partial charge in [-0.15, -0.1) is 0 Å². The zero-order chi connectivity index (χ0) is 26.8. The fourth-order valence-corrected chi connectivity index (χ4v) is 5.38. The number of amides is 1. The van der Waals surface area contributed by atoms with Crippen LogP contribution < -0.4 is 5.73 Å². The maximum Gasteiger partial charge on any atom is 0.405 e. The van der Waals surface area contributed by atoms with E-state index >= 15 is 0 Å². The molecule has 196 valence electrons. The fraction of sp³-hybridized carbons (Fsp3) is 0.357. The Labute approximate surface area is 226 Å². The SMILES string of the molecule is COC1=C(c2ccccc2Cl)CCC[C@@H]1OC(N)=O.COC1=CCCC[C@]1(N=C=O)c1ccccc1Cl. The number of nitrogens with two attached hydrogens (primary N) is 1. The summed E-state index contributed by atoms with van der Waals surface area (Å²) in [7, 11) is 3.15. The largest absolute Gasteiger partial charge is 0.498 e. The lowest BCUT2D eigenvalue weighted by molar-refractivity contribution is 0.0788. The van der Waals surface area contributed by atoms with E-state index < -0.39 is 17.7 Å². The second-order valence-corrected chi connectivity index (χ2v) is 9.37. The van der Waals surface area contributed by atoms with Crippen molar-refractivity contribution in [2.75, 3.05) is 14.2 Å². The number of halogens is 2. The van der Waals surface area contributed by atoms with Crippen LogP contribution in [0.4, 0.5) is 4.79 Å². The van der Waals surface area contributed by atoms with Crippen LogP contribution in [0.15, 0.2) is 71.1 Å². The molecule has 0 saturated heterocycles. The monoisotopic (exact) mass is 544 g/mol. The third-order valence-corrected chi connectivity index (χ3v) is 7.08. The van der Waals surface area contributed by atoms with E-state index in [1.54, 1.807) is 26.4 Å². The lowest BCUT2D eigenvalue weighted by Gasteiger charge is -2.33. The highest BCUT2D eigenvalue weighted by Gasteiger charge is 2.40. The van der Waals surface area contributed by atoms with Crippen molar-refractivity contribution < 1.29 is 23.8 Å². The van der Waals surface area contributed by atoms with Gasteiger partial charge in [-0.25, -0.2) is 9.59 Å². The van der Waals surface area contributed by atoms with Crippen molar-refractivity contribution in [2.45, 2.75) is 50.2 Å². The Morgan fingerprint density at radius 3 is 2.38 bits per heavy atom. The van der Waals surface area contributed by atoms with Crippen molar-refractivity contribution in [2.24, 2.45) is 10.7 Å². The van der Waals surface area contributed by atoms with Crippen LogP contribution in [0.25, 0.3) is 5.57 Å². The van der Waals surface area contributed by atoms with Gasteiger partial charge in [0.25, 0.3) is 0 Å². The van der Waals surface area contributed by atoms with Crippen molar-refractivity contribution in [1.29, 1.82) is 0 Å². The highest BCUT2D eigenvalue weighted by Crippen LogP contribution is 2.44. The minimum Gasteiger partial charge on any atom is -0.498 e. The molecule has 0 unspecified atom stereocenters. The molecule has 9 heteroatoms. The molecule has 0 spiro atoms. The van der Waals surface area contributed by atoms with Gasteiger partial charge in [-0.05, 0) is 62.3 Å². The average Bonchev–Trinajstić information content (AvgIpc) is 2.89. The summed E-state index contributed by atoms with van der Waals surface area (Å²) in [5.41, 5.74) is 6.96. The molecule has 4 rings (SSSR count). The summed E-state index contributed by atoms with van der Waals surface area (Å²) in [6.07, 6.45) is 7.41. The van der Waals surface area contributed by atoms with Crippen LogP contribution in [0.3, 0.4) is 0 Å². The minimum absolute atomic E-state index is 0.428. The van der Waals surface area contributed by atoms with Crippen LogP contribution in [-0.2, 0) is 24.5 Å². The van der Waals surface area contributed by atoms with E-state index in [4.69, 9.17) is 43.1 Å². The first-order chi connectivity index (χ1) is 17.9. The summed E-state index contributed by atoms with van der Waals surface area (Å²) < 4.78 is 15.9. The van der Waals surface area contributed by atoms with Gasteiger partial charge in [0.1, 0.15) is 11.5 Å². The second kappa shape index (κ2) is 13.3. The number of carbonyl (C=O) groups excluding carboxylic acids is 2. The van der Waals surface area contributed by atoms with Crippen LogP contribution in [0.5, 0.6) is 0 Å². The molecule has 2 aromatic rings.